The summed E-state index contributed by atoms with van der Waals surface area (Å²) in [5, 5.41) is 11.4. The molecule has 140 valence electrons. The topological polar surface area (TPSA) is 82.1 Å². The van der Waals surface area contributed by atoms with E-state index in [1.165, 1.54) is 6.08 Å². The predicted molar refractivity (Wildman–Crippen MR) is 91.7 cm³/mol. The van der Waals surface area contributed by atoms with Gasteiger partial charge in [0.2, 0.25) is 11.6 Å². The molecule has 26 heavy (non-hydrogen) atoms. The molecule has 0 spiro atoms. The van der Waals surface area contributed by atoms with Gasteiger partial charge in [0.1, 0.15) is 17.3 Å². The summed E-state index contributed by atoms with van der Waals surface area (Å²) in [6, 6.07) is 0. The van der Waals surface area contributed by atoms with E-state index in [2.05, 4.69) is 0 Å². The van der Waals surface area contributed by atoms with Crippen LogP contribution in [0.3, 0.4) is 0 Å². The molecule has 0 aromatic carbocycles. The highest BCUT2D eigenvalue weighted by atomic mass is 16.7. The first-order valence-electron chi connectivity index (χ1n) is 8.95. The van der Waals surface area contributed by atoms with Crippen molar-refractivity contribution in [3.63, 3.8) is 0 Å². The van der Waals surface area contributed by atoms with Gasteiger partial charge in [-0.1, -0.05) is 6.08 Å². The van der Waals surface area contributed by atoms with E-state index in [0.717, 1.165) is 5.57 Å². The van der Waals surface area contributed by atoms with Crippen LogP contribution in [0.1, 0.15) is 41.0 Å². The highest BCUT2D eigenvalue weighted by Crippen LogP contribution is 2.60. The number of hydrogen-bond donors (Lipinski definition) is 1. The van der Waals surface area contributed by atoms with Crippen molar-refractivity contribution < 1.29 is 28.9 Å². The van der Waals surface area contributed by atoms with Gasteiger partial charge in [0.15, 0.2) is 5.60 Å². The Morgan fingerprint density at radius 1 is 1.35 bits per heavy atom. The molecule has 6 atom stereocenters. The minimum Gasteiger partial charge on any atom is -0.479 e. The van der Waals surface area contributed by atoms with E-state index in [1.807, 2.05) is 6.92 Å². The summed E-state index contributed by atoms with van der Waals surface area (Å²) in [6.07, 6.45) is 4.15. The first kappa shape index (κ1) is 17.5. The second-order valence-electron chi connectivity index (χ2n) is 8.13. The first-order valence-corrected chi connectivity index (χ1v) is 8.95. The van der Waals surface area contributed by atoms with Gasteiger partial charge in [-0.05, 0) is 51.8 Å². The molecule has 0 aliphatic carbocycles. The minimum atomic E-state index is -1.78. The maximum atomic E-state index is 12.9. The predicted octanol–water partition coefficient (Wildman–Crippen LogP) is 2.18. The van der Waals surface area contributed by atoms with Crippen LogP contribution in [-0.4, -0.2) is 40.5 Å². The summed E-state index contributed by atoms with van der Waals surface area (Å²) >= 11 is 0. The van der Waals surface area contributed by atoms with Crippen molar-refractivity contribution in [3.8, 4) is 0 Å². The summed E-state index contributed by atoms with van der Waals surface area (Å²) in [7, 11) is 0. The second kappa shape index (κ2) is 5.08. The summed E-state index contributed by atoms with van der Waals surface area (Å²) in [4.78, 5) is 25.4. The van der Waals surface area contributed by atoms with Gasteiger partial charge < -0.3 is 19.3 Å². The molecular weight excluding hydrogens is 336 g/mol. The number of ketones is 1. The van der Waals surface area contributed by atoms with E-state index in [9.17, 15) is 14.7 Å². The number of ether oxygens (including phenoxy) is 3. The van der Waals surface area contributed by atoms with Crippen LogP contribution < -0.4 is 0 Å². The van der Waals surface area contributed by atoms with Crippen LogP contribution in [0.4, 0.5) is 0 Å². The van der Waals surface area contributed by atoms with Crippen LogP contribution in [0.2, 0.25) is 0 Å². The second-order valence-corrected chi connectivity index (χ2v) is 8.13. The molecule has 1 N–H and O–H groups in total. The number of carbonyl (C=O) groups excluding carboxylic acids is 2. The molecule has 4 heterocycles. The SMILES string of the molecule is C/C=C(/C)[C@@]1(O)O[C@H]2C[C@@]3(C)OC(=CC3=O)/C(C)=C\[C@@H]3OC(=O)[C@@]1(C)[C@@H]32. The molecule has 6 heteroatoms. The van der Waals surface area contributed by atoms with Gasteiger partial charge in [-0.2, -0.15) is 0 Å². The Balaban J connectivity index is 1.90. The van der Waals surface area contributed by atoms with Crippen LogP contribution in [0.5, 0.6) is 0 Å². The molecule has 0 aromatic heterocycles. The number of esters is 1. The number of carbonyl (C=O) groups is 2. The lowest BCUT2D eigenvalue weighted by Gasteiger charge is -2.35. The van der Waals surface area contributed by atoms with Crippen LogP contribution in [-0.2, 0) is 23.8 Å². The summed E-state index contributed by atoms with van der Waals surface area (Å²) in [5.74, 6) is -2.31. The van der Waals surface area contributed by atoms with Crippen LogP contribution >= 0.6 is 0 Å². The quantitative estimate of drug-likeness (QED) is 0.570. The minimum absolute atomic E-state index is 0.132. The summed E-state index contributed by atoms with van der Waals surface area (Å²) < 4.78 is 17.7. The third-order valence-corrected chi connectivity index (χ3v) is 6.59. The highest BCUT2D eigenvalue weighted by Gasteiger charge is 2.74. The van der Waals surface area contributed by atoms with E-state index in [0.29, 0.717) is 11.3 Å². The lowest BCUT2D eigenvalue weighted by molar-refractivity contribution is -0.220. The fourth-order valence-electron chi connectivity index (χ4n) is 4.79. The van der Waals surface area contributed by atoms with Gasteiger partial charge in [0.25, 0.3) is 0 Å². The number of fused-ring (bicyclic) bond motifs is 2. The van der Waals surface area contributed by atoms with Crippen molar-refractivity contribution in [2.75, 3.05) is 0 Å². The molecule has 0 aromatic rings. The molecule has 4 rings (SSSR count). The third-order valence-electron chi connectivity index (χ3n) is 6.59. The van der Waals surface area contributed by atoms with Crippen molar-refractivity contribution in [1.29, 1.82) is 0 Å². The number of rotatable bonds is 1. The van der Waals surface area contributed by atoms with Gasteiger partial charge in [-0.15, -0.1) is 0 Å². The molecule has 0 radical (unpaired) electrons. The Morgan fingerprint density at radius 3 is 2.69 bits per heavy atom. The van der Waals surface area contributed by atoms with E-state index in [1.54, 1.807) is 39.8 Å². The Kier molecular flexibility index (Phi) is 3.42. The molecule has 4 aliphatic rings. The van der Waals surface area contributed by atoms with Gasteiger partial charge in [0, 0.05) is 18.4 Å². The Bertz CT molecular complexity index is 807. The maximum absolute atomic E-state index is 12.9. The molecule has 2 bridgehead atoms. The average molecular weight is 360 g/mol. The molecular formula is C20H24O6. The number of aliphatic hydroxyl groups is 1. The molecule has 6 nitrogen and oxygen atoms in total. The summed E-state index contributed by atoms with van der Waals surface area (Å²) in [5.41, 5.74) is -1.05. The lowest BCUT2D eigenvalue weighted by atomic mass is 9.67. The Hall–Kier alpha value is -1.92. The standard InChI is InChI=1S/C20H24O6/c1-6-11(3)20(23)19(5)16-13(24-17(19)22)7-10(2)12-8-15(21)18(4,25-12)9-14(16)26-20/h6-8,13-14,16,23H,9H2,1-5H3/b10-7-,11-6-/t13-,14-,16-,18+,19+,20+/m0/s1. The van der Waals surface area contributed by atoms with Gasteiger partial charge >= 0.3 is 5.97 Å². The zero-order valence-electron chi connectivity index (χ0n) is 15.7. The molecule has 0 amide bonds. The monoisotopic (exact) mass is 360 g/mol. The van der Waals surface area contributed by atoms with Gasteiger partial charge in [-0.25, -0.2) is 0 Å². The maximum Gasteiger partial charge on any atom is 0.318 e. The molecule has 4 aliphatic heterocycles. The van der Waals surface area contributed by atoms with Crippen molar-refractivity contribution in [3.05, 3.63) is 35.1 Å². The number of allylic oxidation sites excluding steroid dienone is 2. The largest absolute Gasteiger partial charge is 0.479 e. The van der Waals surface area contributed by atoms with Crippen molar-refractivity contribution in [2.24, 2.45) is 11.3 Å². The molecule has 2 fully saturated rings. The zero-order valence-corrected chi connectivity index (χ0v) is 15.7. The van der Waals surface area contributed by atoms with E-state index in [4.69, 9.17) is 14.2 Å². The van der Waals surface area contributed by atoms with E-state index in [-0.39, 0.29) is 12.2 Å². The van der Waals surface area contributed by atoms with Gasteiger partial charge in [-0.3, -0.25) is 9.59 Å². The van der Waals surface area contributed by atoms with Gasteiger partial charge in [0.05, 0.1) is 6.10 Å². The summed E-state index contributed by atoms with van der Waals surface area (Å²) in [6.45, 7) is 8.76. The molecule has 0 saturated carbocycles. The van der Waals surface area contributed by atoms with Crippen molar-refractivity contribution >= 4 is 11.8 Å². The third kappa shape index (κ3) is 1.89. The van der Waals surface area contributed by atoms with Crippen LogP contribution in [0.15, 0.2) is 35.1 Å². The van der Waals surface area contributed by atoms with Crippen molar-refractivity contribution in [2.45, 2.75) is 64.6 Å². The zero-order chi connectivity index (χ0) is 19.1. The molecule has 0 unspecified atom stereocenters. The van der Waals surface area contributed by atoms with E-state index >= 15 is 0 Å². The van der Waals surface area contributed by atoms with Crippen molar-refractivity contribution in [1.82, 2.24) is 0 Å². The highest BCUT2D eigenvalue weighted by molar-refractivity contribution is 6.00. The fraction of sp³-hybridized carbons (Fsp3) is 0.600. The Morgan fingerprint density at radius 2 is 2.04 bits per heavy atom. The van der Waals surface area contributed by atoms with Crippen LogP contribution in [0.25, 0.3) is 0 Å². The average Bonchev–Trinajstić information content (AvgIpc) is 3.09. The lowest BCUT2D eigenvalue weighted by Crippen LogP contribution is -2.49. The fourth-order valence-corrected chi connectivity index (χ4v) is 4.79. The Labute approximate surface area is 152 Å². The smallest absolute Gasteiger partial charge is 0.318 e. The van der Waals surface area contributed by atoms with Crippen LogP contribution in [0, 0.1) is 11.3 Å². The normalized spacial score (nSPS) is 49.3. The number of hydrogen-bond acceptors (Lipinski definition) is 6. The first-order chi connectivity index (χ1) is 12.1. The van der Waals surface area contributed by atoms with E-state index < -0.39 is 40.9 Å². The molecule has 2 saturated heterocycles.